The zero-order chi connectivity index (χ0) is 15.1. The fourth-order valence-corrected chi connectivity index (χ4v) is 2.30. The molecule has 3 unspecified atom stereocenters. The van der Waals surface area contributed by atoms with Crippen LogP contribution in [-0.2, 0) is 4.79 Å². The van der Waals surface area contributed by atoms with Crippen molar-refractivity contribution >= 4 is 12.0 Å². The maximum absolute atomic E-state index is 12.3. The van der Waals surface area contributed by atoms with Gasteiger partial charge in [0.2, 0.25) is 0 Å². The average molecular weight is 282 g/mol. The van der Waals surface area contributed by atoms with Gasteiger partial charge in [-0.25, -0.2) is 4.79 Å². The number of aliphatic carboxylic acids is 1. The Morgan fingerprint density at radius 2 is 2.10 bits per heavy atom. The summed E-state index contributed by atoms with van der Waals surface area (Å²) in [5, 5.41) is 11.9. The number of rotatable bonds is 7. The highest BCUT2D eigenvalue weighted by molar-refractivity contribution is 5.76. The summed E-state index contributed by atoms with van der Waals surface area (Å²) >= 11 is 0. The van der Waals surface area contributed by atoms with Crippen molar-refractivity contribution < 1.29 is 14.7 Å². The zero-order valence-corrected chi connectivity index (χ0v) is 12.6. The molecule has 0 heterocycles. The largest absolute Gasteiger partial charge is 0.481 e. The van der Waals surface area contributed by atoms with Crippen molar-refractivity contribution in [1.82, 2.24) is 10.2 Å². The molecule has 20 heavy (non-hydrogen) atoms. The van der Waals surface area contributed by atoms with E-state index < -0.39 is 11.9 Å². The van der Waals surface area contributed by atoms with Crippen LogP contribution in [0.5, 0.6) is 0 Å². The number of nitrogens with one attached hydrogen (secondary N) is 1. The molecule has 5 heteroatoms. The van der Waals surface area contributed by atoms with Gasteiger partial charge >= 0.3 is 12.0 Å². The Morgan fingerprint density at radius 1 is 1.40 bits per heavy atom. The van der Waals surface area contributed by atoms with Crippen LogP contribution in [0.3, 0.4) is 0 Å². The number of carboxylic acids is 1. The lowest BCUT2D eigenvalue weighted by Gasteiger charge is -2.30. The van der Waals surface area contributed by atoms with Crippen LogP contribution >= 0.6 is 0 Å². The highest BCUT2D eigenvalue weighted by Crippen LogP contribution is 2.18. The fourth-order valence-electron chi connectivity index (χ4n) is 2.30. The standard InChI is InChI=1S/C15H26N2O3/c1-4-6-9-17(11(3)5-2)15(20)16-13-8-7-12(10-13)14(18)19/h7-8,11-13H,4-6,9-10H2,1-3H3,(H,16,20)(H,18,19). The lowest BCUT2D eigenvalue weighted by molar-refractivity contribution is -0.140. The van der Waals surface area contributed by atoms with Crippen molar-refractivity contribution in [3.05, 3.63) is 12.2 Å². The van der Waals surface area contributed by atoms with Crippen LogP contribution in [0.25, 0.3) is 0 Å². The van der Waals surface area contributed by atoms with Gasteiger partial charge in [-0.1, -0.05) is 32.4 Å². The highest BCUT2D eigenvalue weighted by atomic mass is 16.4. The molecule has 0 aromatic carbocycles. The lowest BCUT2D eigenvalue weighted by atomic mass is 10.1. The molecular formula is C15H26N2O3. The van der Waals surface area contributed by atoms with E-state index in [2.05, 4.69) is 19.2 Å². The SMILES string of the molecule is CCCCN(C(=O)NC1C=CC(C(=O)O)C1)C(C)CC. The van der Waals surface area contributed by atoms with Gasteiger partial charge in [0, 0.05) is 12.6 Å². The molecule has 0 radical (unpaired) electrons. The number of carboxylic acid groups (broad SMARTS) is 1. The second-order valence-electron chi connectivity index (χ2n) is 5.43. The van der Waals surface area contributed by atoms with Crippen LogP contribution in [-0.4, -0.2) is 40.6 Å². The normalized spacial score (nSPS) is 22.6. The molecule has 0 fully saturated rings. The van der Waals surface area contributed by atoms with Crippen molar-refractivity contribution in [3.8, 4) is 0 Å². The van der Waals surface area contributed by atoms with Gasteiger partial charge in [-0.15, -0.1) is 0 Å². The van der Waals surface area contributed by atoms with Gasteiger partial charge in [-0.2, -0.15) is 0 Å². The number of hydrogen-bond acceptors (Lipinski definition) is 2. The van der Waals surface area contributed by atoms with Crippen molar-refractivity contribution in [1.29, 1.82) is 0 Å². The summed E-state index contributed by atoms with van der Waals surface area (Å²) in [5.74, 6) is -1.31. The van der Waals surface area contributed by atoms with E-state index in [9.17, 15) is 9.59 Å². The van der Waals surface area contributed by atoms with Crippen molar-refractivity contribution in [2.24, 2.45) is 5.92 Å². The van der Waals surface area contributed by atoms with Crippen molar-refractivity contribution in [2.75, 3.05) is 6.54 Å². The number of hydrogen-bond donors (Lipinski definition) is 2. The maximum atomic E-state index is 12.3. The minimum absolute atomic E-state index is 0.0894. The summed E-state index contributed by atoms with van der Waals surface area (Å²) in [7, 11) is 0. The average Bonchev–Trinajstić information content (AvgIpc) is 2.87. The van der Waals surface area contributed by atoms with Gasteiger partial charge in [0.15, 0.2) is 0 Å². The zero-order valence-electron chi connectivity index (χ0n) is 12.6. The molecule has 3 atom stereocenters. The second-order valence-corrected chi connectivity index (χ2v) is 5.43. The van der Waals surface area contributed by atoms with Crippen LogP contribution in [0.15, 0.2) is 12.2 Å². The molecule has 0 saturated heterocycles. The molecule has 114 valence electrons. The topological polar surface area (TPSA) is 69.6 Å². The molecule has 0 aromatic heterocycles. The van der Waals surface area contributed by atoms with Crippen molar-refractivity contribution in [2.45, 2.75) is 58.5 Å². The summed E-state index contributed by atoms with van der Waals surface area (Å²) in [6, 6.07) is -0.0625. The van der Waals surface area contributed by atoms with Crippen LogP contribution < -0.4 is 5.32 Å². The lowest BCUT2D eigenvalue weighted by Crippen LogP contribution is -2.48. The van der Waals surface area contributed by atoms with E-state index in [0.717, 1.165) is 25.8 Å². The van der Waals surface area contributed by atoms with E-state index in [-0.39, 0.29) is 18.1 Å². The number of urea groups is 1. The predicted molar refractivity (Wildman–Crippen MR) is 78.6 cm³/mol. The van der Waals surface area contributed by atoms with Crippen LogP contribution in [0, 0.1) is 5.92 Å². The first-order chi connectivity index (χ1) is 9.49. The van der Waals surface area contributed by atoms with Crippen LogP contribution in [0.4, 0.5) is 4.79 Å². The van der Waals surface area contributed by atoms with E-state index in [1.807, 2.05) is 11.8 Å². The van der Waals surface area contributed by atoms with E-state index in [1.165, 1.54) is 0 Å². The quantitative estimate of drug-likeness (QED) is 0.705. The summed E-state index contributed by atoms with van der Waals surface area (Å²) < 4.78 is 0. The molecule has 0 aromatic rings. The Hall–Kier alpha value is -1.52. The third-order valence-electron chi connectivity index (χ3n) is 3.85. The van der Waals surface area contributed by atoms with Gasteiger partial charge < -0.3 is 15.3 Å². The van der Waals surface area contributed by atoms with Gasteiger partial charge in [-0.3, -0.25) is 4.79 Å². The Bertz CT molecular complexity index is 368. The summed E-state index contributed by atoms with van der Waals surface area (Å²) in [6.45, 7) is 6.95. The van der Waals surface area contributed by atoms with Gasteiger partial charge in [0.05, 0.1) is 12.0 Å². The molecule has 1 rings (SSSR count). The molecule has 0 saturated carbocycles. The first-order valence-electron chi connectivity index (χ1n) is 7.47. The number of carbonyl (C=O) groups is 2. The summed E-state index contributed by atoms with van der Waals surface area (Å²) in [5.41, 5.74) is 0. The summed E-state index contributed by atoms with van der Waals surface area (Å²) in [6.07, 6.45) is 6.83. The third-order valence-corrected chi connectivity index (χ3v) is 3.85. The monoisotopic (exact) mass is 282 g/mol. The number of amides is 2. The van der Waals surface area contributed by atoms with Gasteiger partial charge in [-0.05, 0) is 26.2 Å². The van der Waals surface area contributed by atoms with Crippen LogP contribution in [0.1, 0.15) is 46.5 Å². The fraction of sp³-hybridized carbons (Fsp3) is 0.733. The van der Waals surface area contributed by atoms with Crippen molar-refractivity contribution in [3.63, 3.8) is 0 Å². The van der Waals surface area contributed by atoms with Crippen LogP contribution in [0.2, 0.25) is 0 Å². The van der Waals surface area contributed by atoms with E-state index in [1.54, 1.807) is 12.2 Å². The minimum Gasteiger partial charge on any atom is -0.481 e. The third kappa shape index (κ3) is 4.54. The molecule has 5 nitrogen and oxygen atoms in total. The second kappa shape index (κ2) is 7.92. The van der Waals surface area contributed by atoms with Gasteiger partial charge in [0.25, 0.3) is 0 Å². The molecule has 0 bridgehead atoms. The molecular weight excluding hydrogens is 256 g/mol. The minimum atomic E-state index is -0.831. The molecule has 2 N–H and O–H groups in total. The highest BCUT2D eigenvalue weighted by Gasteiger charge is 2.27. The number of carbonyl (C=O) groups excluding carboxylic acids is 1. The number of unbranched alkanes of at least 4 members (excludes halogenated alkanes) is 1. The first kappa shape index (κ1) is 16.5. The van der Waals surface area contributed by atoms with E-state index >= 15 is 0 Å². The molecule has 1 aliphatic carbocycles. The Morgan fingerprint density at radius 3 is 2.60 bits per heavy atom. The molecule has 0 spiro atoms. The first-order valence-corrected chi connectivity index (χ1v) is 7.47. The summed E-state index contributed by atoms with van der Waals surface area (Å²) in [4.78, 5) is 25.1. The number of nitrogens with zero attached hydrogens (tertiary/aromatic N) is 1. The predicted octanol–water partition coefficient (Wildman–Crippen LogP) is 2.63. The Kier molecular flexibility index (Phi) is 6.55. The van der Waals surface area contributed by atoms with Gasteiger partial charge in [0.1, 0.15) is 0 Å². The smallest absolute Gasteiger partial charge is 0.318 e. The van der Waals surface area contributed by atoms with E-state index in [4.69, 9.17) is 5.11 Å². The Labute approximate surface area is 121 Å². The molecule has 2 amide bonds. The maximum Gasteiger partial charge on any atom is 0.318 e. The molecule has 0 aliphatic heterocycles. The Balaban J connectivity index is 2.54. The van der Waals surface area contributed by atoms with E-state index in [0.29, 0.717) is 6.42 Å². The molecule has 1 aliphatic rings.